The maximum absolute atomic E-state index is 11.9. The first-order chi connectivity index (χ1) is 9.79. The number of piperazine rings is 1. The van der Waals surface area contributed by atoms with Crippen LogP contribution in [0.1, 0.15) is 18.9 Å². The Hall–Kier alpha value is -1.81. The number of nitrogens with one attached hydrogen (secondary N) is 1. The molecule has 0 aromatic heterocycles. The van der Waals surface area contributed by atoms with Gasteiger partial charge in [0.25, 0.3) is 0 Å². The molecule has 0 atom stereocenters. The van der Waals surface area contributed by atoms with Gasteiger partial charge in [0.15, 0.2) is 0 Å². The van der Waals surface area contributed by atoms with Crippen molar-refractivity contribution in [1.29, 1.82) is 0 Å². The van der Waals surface area contributed by atoms with Gasteiger partial charge in [-0.05, 0) is 12.0 Å². The second kappa shape index (κ2) is 7.70. The largest absolute Gasteiger partial charge is 0.322 e. The second-order valence-corrected chi connectivity index (χ2v) is 5.01. The van der Waals surface area contributed by atoms with E-state index in [0.717, 1.165) is 39.1 Å². The molecule has 1 aromatic rings. The summed E-state index contributed by atoms with van der Waals surface area (Å²) in [6, 6.07) is 10.5. The summed E-state index contributed by atoms with van der Waals surface area (Å²) in [5.41, 5.74) is 1.33. The third-order valence-electron chi connectivity index (χ3n) is 3.47. The van der Waals surface area contributed by atoms with Crippen molar-refractivity contribution >= 4 is 6.03 Å². The smallest absolute Gasteiger partial charge is 0.321 e. The van der Waals surface area contributed by atoms with Crippen LogP contribution in [-0.2, 0) is 6.54 Å². The Morgan fingerprint density at radius 3 is 2.55 bits per heavy atom. The lowest BCUT2D eigenvalue weighted by atomic mass is 10.2. The van der Waals surface area contributed by atoms with Gasteiger partial charge < -0.3 is 10.2 Å². The van der Waals surface area contributed by atoms with E-state index in [1.54, 1.807) is 6.20 Å². The number of carbonyl (C=O) groups is 1. The molecule has 4 heteroatoms. The standard InChI is InChI=1S/C16H23N3O/c1-2-3-9-17-16(20)19-12-10-18(11-13-19)14-15-7-5-4-6-8-15/h3-9H,2,10-14H2,1H3,(H,17,20)/b9-3+. The van der Waals surface area contributed by atoms with Crippen LogP contribution in [0.25, 0.3) is 0 Å². The van der Waals surface area contributed by atoms with Crippen LogP contribution in [0, 0.1) is 0 Å². The average Bonchev–Trinajstić information content (AvgIpc) is 2.49. The summed E-state index contributed by atoms with van der Waals surface area (Å²) in [6.45, 7) is 6.45. The van der Waals surface area contributed by atoms with Gasteiger partial charge in [-0.3, -0.25) is 4.90 Å². The molecule has 4 nitrogen and oxygen atoms in total. The molecule has 1 heterocycles. The first kappa shape index (κ1) is 14.6. The minimum atomic E-state index is 0.00839. The molecule has 1 aliphatic heterocycles. The van der Waals surface area contributed by atoms with Gasteiger partial charge in [-0.25, -0.2) is 4.79 Å². The van der Waals surface area contributed by atoms with Gasteiger partial charge in [0, 0.05) is 38.9 Å². The Morgan fingerprint density at radius 1 is 1.20 bits per heavy atom. The van der Waals surface area contributed by atoms with Gasteiger partial charge in [-0.1, -0.05) is 43.3 Å². The third kappa shape index (κ3) is 4.38. The summed E-state index contributed by atoms with van der Waals surface area (Å²) in [7, 11) is 0. The van der Waals surface area contributed by atoms with E-state index in [0.29, 0.717) is 0 Å². The predicted octanol–water partition coefficient (Wildman–Crippen LogP) is 2.44. The molecular weight excluding hydrogens is 250 g/mol. The number of allylic oxidation sites excluding steroid dienone is 1. The van der Waals surface area contributed by atoms with E-state index in [-0.39, 0.29) is 6.03 Å². The summed E-state index contributed by atoms with van der Waals surface area (Å²) in [5.74, 6) is 0. The highest BCUT2D eigenvalue weighted by atomic mass is 16.2. The normalized spacial score (nSPS) is 16.6. The van der Waals surface area contributed by atoms with E-state index >= 15 is 0 Å². The van der Waals surface area contributed by atoms with Crippen LogP contribution in [0.2, 0.25) is 0 Å². The summed E-state index contributed by atoms with van der Waals surface area (Å²) in [4.78, 5) is 16.1. The lowest BCUT2D eigenvalue weighted by Crippen LogP contribution is -2.50. The molecule has 0 unspecified atom stereocenters. The van der Waals surface area contributed by atoms with Crippen molar-refractivity contribution in [3.05, 3.63) is 48.2 Å². The lowest BCUT2D eigenvalue weighted by molar-refractivity contribution is 0.137. The SMILES string of the molecule is CC/C=C/NC(=O)N1CCN(Cc2ccccc2)CC1. The Kier molecular flexibility index (Phi) is 5.62. The van der Waals surface area contributed by atoms with Crippen molar-refractivity contribution in [2.24, 2.45) is 0 Å². The zero-order chi connectivity index (χ0) is 14.2. The predicted molar refractivity (Wildman–Crippen MR) is 81.3 cm³/mol. The molecular formula is C16H23N3O. The van der Waals surface area contributed by atoms with Gasteiger partial charge in [0.2, 0.25) is 0 Å². The number of amides is 2. The number of hydrogen-bond donors (Lipinski definition) is 1. The van der Waals surface area contributed by atoms with E-state index in [1.807, 2.05) is 24.0 Å². The van der Waals surface area contributed by atoms with E-state index in [4.69, 9.17) is 0 Å². The van der Waals surface area contributed by atoms with E-state index in [9.17, 15) is 4.79 Å². The summed E-state index contributed by atoms with van der Waals surface area (Å²) >= 11 is 0. The Morgan fingerprint density at radius 2 is 1.90 bits per heavy atom. The van der Waals surface area contributed by atoms with E-state index in [2.05, 4.69) is 34.5 Å². The molecule has 0 spiro atoms. The number of nitrogens with zero attached hydrogens (tertiary/aromatic N) is 2. The highest BCUT2D eigenvalue weighted by Gasteiger charge is 2.20. The van der Waals surface area contributed by atoms with E-state index < -0.39 is 0 Å². The quantitative estimate of drug-likeness (QED) is 0.914. The molecule has 2 rings (SSSR count). The van der Waals surface area contributed by atoms with Crippen LogP contribution in [0.4, 0.5) is 4.79 Å². The average molecular weight is 273 g/mol. The van der Waals surface area contributed by atoms with Crippen molar-refractivity contribution in [2.45, 2.75) is 19.9 Å². The Balaban J connectivity index is 1.75. The molecule has 1 aliphatic rings. The van der Waals surface area contributed by atoms with Gasteiger partial charge in [-0.2, -0.15) is 0 Å². The Bertz CT molecular complexity index is 436. The minimum absolute atomic E-state index is 0.00839. The molecule has 1 saturated heterocycles. The van der Waals surface area contributed by atoms with Gasteiger partial charge in [0.05, 0.1) is 0 Å². The van der Waals surface area contributed by atoms with Crippen LogP contribution in [0.5, 0.6) is 0 Å². The molecule has 1 fully saturated rings. The van der Waals surface area contributed by atoms with Gasteiger partial charge in [0.1, 0.15) is 0 Å². The lowest BCUT2D eigenvalue weighted by Gasteiger charge is -2.34. The zero-order valence-electron chi connectivity index (χ0n) is 12.1. The molecule has 2 amide bonds. The molecule has 0 radical (unpaired) electrons. The number of rotatable bonds is 4. The summed E-state index contributed by atoms with van der Waals surface area (Å²) < 4.78 is 0. The first-order valence-electron chi connectivity index (χ1n) is 7.26. The van der Waals surface area contributed by atoms with Crippen molar-refractivity contribution in [1.82, 2.24) is 15.1 Å². The molecule has 20 heavy (non-hydrogen) atoms. The highest BCUT2D eigenvalue weighted by molar-refractivity contribution is 5.75. The topological polar surface area (TPSA) is 35.6 Å². The molecule has 1 aromatic carbocycles. The Labute approximate surface area is 121 Å². The molecule has 0 bridgehead atoms. The fourth-order valence-electron chi connectivity index (χ4n) is 2.29. The number of hydrogen-bond acceptors (Lipinski definition) is 2. The van der Waals surface area contributed by atoms with Crippen molar-refractivity contribution in [2.75, 3.05) is 26.2 Å². The minimum Gasteiger partial charge on any atom is -0.322 e. The number of benzene rings is 1. The van der Waals surface area contributed by atoms with Gasteiger partial charge >= 0.3 is 6.03 Å². The molecule has 0 aliphatic carbocycles. The highest BCUT2D eigenvalue weighted by Crippen LogP contribution is 2.08. The van der Waals surface area contributed by atoms with Crippen molar-refractivity contribution < 1.29 is 4.79 Å². The monoisotopic (exact) mass is 273 g/mol. The van der Waals surface area contributed by atoms with Gasteiger partial charge in [-0.15, -0.1) is 0 Å². The van der Waals surface area contributed by atoms with Crippen LogP contribution in [0.3, 0.4) is 0 Å². The van der Waals surface area contributed by atoms with Crippen LogP contribution >= 0.6 is 0 Å². The van der Waals surface area contributed by atoms with Crippen LogP contribution < -0.4 is 5.32 Å². The third-order valence-corrected chi connectivity index (χ3v) is 3.47. The van der Waals surface area contributed by atoms with Crippen molar-refractivity contribution in [3.63, 3.8) is 0 Å². The zero-order valence-corrected chi connectivity index (χ0v) is 12.1. The first-order valence-corrected chi connectivity index (χ1v) is 7.26. The molecule has 108 valence electrons. The second-order valence-electron chi connectivity index (χ2n) is 5.01. The molecule has 0 saturated carbocycles. The fourth-order valence-corrected chi connectivity index (χ4v) is 2.29. The number of urea groups is 1. The maximum Gasteiger partial charge on any atom is 0.321 e. The van der Waals surface area contributed by atoms with Crippen molar-refractivity contribution in [3.8, 4) is 0 Å². The summed E-state index contributed by atoms with van der Waals surface area (Å²) in [5, 5.41) is 2.81. The maximum atomic E-state index is 11.9. The van der Waals surface area contributed by atoms with E-state index in [1.165, 1.54) is 5.56 Å². The summed E-state index contributed by atoms with van der Waals surface area (Å²) in [6.07, 6.45) is 4.62. The fraction of sp³-hybridized carbons (Fsp3) is 0.438. The van der Waals surface area contributed by atoms with Crippen LogP contribution in [0.15, 0.2) is 42.6 Å². The van der Waals surface area contributed by atoms with Crippen LogP contribution in [-0.4, -0.2) is 42.0 Å². The molecule has 1 N–H and O–H groups in total. The number of carbonyl (C=O) groups excluding carboxylic acids is 1.